The van der Waals surface area contributed by atoms with Gasteiger partial charge in [-0.15, -0.1) is 5.10 Å². The van der Waals surface area contributed by atoms with Crippen LogP contribution in [0.3, 0.4) is 0 Å². The first-order valence-corrected chi connectivity index (χ1v) is 8.69. The van der Waals surface area contributed by atoms with Crippen LogP contribution in [0.2, 0.25) is 0 Å². The zero-order valence-corrected chi connectivity index (χ0v) is 14.6. The normalized spacial score (nSPS) is 16.5. The summed E-state index contributed by atoms with van der Waals surface area (Å²) in [6, 6.07) is 3.35. The molecule has 24 heavy (non-hydrogen) atoms. The minimum absolute atomic E-state index is 0.391. The lowest BCUT2D eigenvalue weighted by Crippen LogP contribution is -2.29. The van der Waals surface area contributed by atoms with Crippen LogP contribution in [0.15, 0.2) is 41.0 Å². The number of pyridine rings is 1. The smallest absolute Gasteiger partial charge is 0.338 e. The largest absolute Gasteiger partial charge is 0.466 e. The molecule has 0 aromatic carbocycles. The quantitative estimate of drug-likeness (QED) is 0.659. The molecule has 0 fully saturated rings. The van der Waals surface area contributed by atoms with Crippen molar-refractivity contribution < 1.29 is 9.53 Å². The van der Waals surface area contributed by atoms with Crippen molar-refractivity contribution in [1.82, 2.24) is 19.7 Å². The molecule has 2 aromatic rings. The van der Waals surface area contributed by atoms with Gasteiger partial charge in [0.05, 0.1) is 12.7 Å². The number of carbonyl (C=O) groups is 1. The molecule has 1 atom stereocenters. The van der Waals surface area contributed by atoms with Crippen molar-refractivity contribution in [2.45, 2.75) is 31.5 Å². The number of hydrogen-bond acceptors (Lipinski definition) is 7. The Hall–Kier alpha value is -2.35. The molecule has 0 spiro atoms. The Balaban J connectivity index is 2.09. The number of nitrogens with zero attached hydrogens (tertiary/aromatic N) is 4. The molecule has 0 saturated heterocycles. The number of carbonyl (C=O) groups excluding carboxylic acids is 1. The predicted octanol–water partition coefficient (Wildman–Crippen LogP) is 2.64. The fourth-order valence-corrected chi connectivity index (χ4v) is 3.29. The molecule has 0 radical (unpaired) electrons. The number of thioether (sulfide) groups is 1. The molecule has 1 N–H and O–H groups in total. The average molecular weight is 345 g/mol. The van der Waals surface area contributed by atoms with Gasteiger partial charge >= 0.3 is 5.97 Å². The highest BCUT2D eigenvalue weighted by atomic mass is 32.2. The molecule has 7 nitrogen and oxygen atoms in total. The molecule has 2 aromatic heterocycles. The van der Waals surface area contributed by atoms with Crippen LogP contribution in [-0.2, 0) is 9.53 Å². The monoisotopic (exact) mass is 345 g/mol. The summed E-state index contributed by atoms with van der Waals surface area (Å²) in [5, 5.41) is 8.43. The average Bonchev–Trinajstić information content (AvgIpc) is 3.01. The Morgan fingerprint density at radius 1 is 1.50 bits per heavy atom. The van der Waals surface area contributed by atoms with E-state index in [9.17, 15) is 4.79 Å². The molecule has 0 amide bonds. The van der Waals surface area contributed by atoms with Crippen LogP contribution >= 0.6 is 11.8 Å². The van der Waals surface area contributed by atoms with Crippen LogP contribution in [0.5, 0.6) is 0 Å². The highest BCUT2D eigenvalue weighted by Gasteiger charge is 2.34. The van der Waals surface area contributed by atoms with Crippen molar-refractivity contribution in [3.63, 3.8) is 0 Å². The maximum absolute atomic E-state index is 12.3. The maximum atomic E-state index is 12.3. The highest BCUT2D eigenvalue weighted by Crippen LogP contribution is 2.36. The Morgan fingerprint density at radius 3 is 3.00 bits per heavy atom. The lowest BCUT2D eigenvalue weighted by Gasteiger charge is -2.27. The summed E-state index contributed by atoms with van der Waals surface area (Å²) in [6.07, 6.45) is 4.47. The number of hydrogen-bond donors (Lipinski definition) is 1. The minimum atomic E-state index is -0.411. The molecule has 0 bridgehead atoms. The lowest BCUT2D eigenvalue weighted by molar-refractivity contribution is -0.136. The molecule has 1 unspecified atom stereocenters. The van der Waals surface area contributed by atoms with E-state index in [1.165, 1.54) is 7.11 Å². The minimum Gasteiger partial charge on any atom is -0.466 e. The van der Waals surface area contributed by atoms with Crippen molar-refractivity contribution in [1.29, 1.82) is 0 Å². The van der Waals surface area contributed by atoms with Gasteiger partial charge in [0.15, 0.2) is 0 Å². The molecule has 0 aliphatic carbocycles. The predicted molar refractivity (Wildman–Crippen MR) is 91.8 cm³/mol. The third kappa shape index (κ3) is 3.01. The Labute approximate surface area is 144 Å². The van der Waals surface area contributed by atoms with E-state index < -0.39 is 12.0 Å². The second-order valence-corrected chi connectivity index (χ2v) is 6.42. The molecular formula is C16H19N5O2S. The van der Waals surface area contributed by atoms with Gasteiger partial charge in [-0.1, -0.05) is 24.8 Å². The lowest BCUT2D eigenvalue weighted by atomic mass is 9.97. The van der Waals surface area contributed by atoms with E-state index in [1.54, 1.807) is 28.8 Å². The fourth-order valence-electron chi connectivity index (χ4n) is 2.61. The summed E-state index contributed by atoms with van der Waals surface area (Å²) in [6.45, 7) is 3.95. The first kappa shape index (κ1) is 16.5. The molecule has 126 valence electrons. The van der Waals surface area contributed by atoms with E-state index in [0.29, 0.717) is 22.4 Å². The van der Waals surface area contributed by atoms with Gasteiger partial charge in [-0.3, -0.25) is 4.98 Å². The van der Waals surface area contributed by atoms with Crippen LogP contribution in [0.4, 0.5) is 5.95 Å². The number of allylic oxidation sites excluding steroid dienone is 1. The summed E-state index contributed by atoms with van der Waals surface area (Å²) >= 11 is 1.59. The van der Waals surface area contributed by atoms with E-state index in [2.05, 4.69) is 27.3 Å². The first-order valence-electron chi connectivity index (χ1n) is 7.71. The highest BCUT2D eigenvalue weighted by molar-refractivity contribution is 7.99. The van der Waals surface area contributed by atoms with Crippen LogP contribution in [0.25, 0.3) is 0 Å². The molecular weight excluding hydrogens is 326 g/mol. The maximum Gasteiger partial charge on any atom is 0.338 e. The van der Waals surface area contributed by atoms with Crippen molar-refractivity contribution in [3.05, 3.63) is 41.4 Å². The van der Waals surface area contributed by atoms with Crippen molar-refractivity contribution in [2.75, 3.05) is 18.2 Å². The Bertz CT molecular complexity index is 772. The molecule has 1 aliphatic heterocycles. The van der Waals surface area contributed by atoms with E-state index in [-0.39, 0.29) is 0 Å². The molecule has 8 heteroatoms. The van der Waals surface area contributed by atoms with Crippen molar-refractivity contribution in [2.24, 2.45) is 0 Å². The van der Waals surface area contributed by atoms with Gasteiger partial charge in [-0.2, -0.15) is 4.98 Å². The van der Waals surface area contributed by atoms with Gasteiger partial charge < -0.3 is 10.1 Å². The van der Waals surface area contributed by atoms with Gasteiger partial charge in [0.1, 0.15) is 6.04 Å². The Kier molecular flexibility index (Phi) is 4.84. The number of ether oxygens (including phenoxy) is 1. The third-order valence-electron chi connectivity index (χ3n) is 3.67. The van der Waals surface area contributed by atoms with Crippen LogP contribution in [0, 0.1) is 0 Å². The van der Waals surface area contributed by atoms with Gasteiger partial charge in [-0.05, 0) is 25.0 Å². The number of fused-ring (bicyclic) bond motifs is 1. The van der Waals surface area contributed by atoms with Crippen molar-refractivity contribution >= 4 is 23.7 Å². The SMILES string of the molecule is CCCSc1nc2n(n1)C(c1cccnc1)C(C(=O)OC)=C(C)N2. The van der Waals surface area contributed by atoms with Gasteiger partial charge in [0.2, 0.25) is 11.1 Å². The van der Waals surface area contributed by atoms with E-state index in [4.69, 9.17) is 4.74 Å². The summed E-state index contributed by atoms with van der Waals surface area (Å²) in [5.74, 6) is 1.17. The first-order chi connectivity index (χ1) is 11.7. The van der Waals surface area contributed by atoms with Crippen molar-refractivity contribution in [3.8, 4) is 0 Å². The van der Waals surface area contributed by atoms with E-state index in [1.807, 2.05) is 19.1 Å². The summed E-state index contributed by atoms with van der Waals surface area (Å²) in [4.78, 5) is 21.0. The molecule has 3 rings (SSSR count). The number of aromatic nitrogens is 4. The number of anilines is 1. The Morgan fingerprint density at radius 2 is 2.33 bits per heavy atom. The van der Waals surface area contributed by atoms with E-state index >= 15 is 0 Å². The topological polar surface area (TPSA) is 81.9 Å². The van der Waals surface area contributed by atoms with Gasteiger partial charge in [0.25, 0.3) is 0 Å². The third-order valence-corrected chi connectivity index (χ3v) is 4.72. The molecule has 3 heterocycles. The number of esters is 1. The summed E-state index contributed by atoms with van der Waals surface area (Å²) in [7, 11) is 1.38. The number of rotatable bonds is 5. The summed E-state index contributed by atoms with van der Waals surface area (Å²) < 4.78 is 6.71. The molecule has 1 aliphatic rings. The van der Waals surface area contributed by atoms with Crippen LogP contribution in [-0.4, -0.2) is 38.6 Å². The number of methoxy groups -OCH3 is 1. The number of nitrogens with one attached hydrogen (secondary N) is 1. The standard InChI is InChI=1S/C16H19N5O2S/c1-4-8-24-16-19-15-18-10(2)12(14(22)23-3)13(21(15)20-16)11-6-5-7-17-9-11/h5-7,9,13H,4,8H2,1-3H3,(H,18,19,20). The zero-order chi connectivity index (χ0) is 17.1. The second-order valence-electron chi connectivity index (χ2n) is 5.36. The zero-order valence-electron chi connectivity index (χ0n) is 13.8. The van der Waals surface area contributed by atoms with Gasteiger partial charge in [-0.25, -0.2) is 9.48 Å². The molecule has 0 saturated carbocycles. The van der Waals surface area contributed by atoms with Crippen LogP contribution in [0.1, 0.15) is 31.9 Å². The fraction of sp³-hybridized carbons (Fsp3) is 0.375. The van der Waals surface area contributed by atoms with E-state index in [0.717, 1.165) is 17.7 Å². The summed E-state index contributed by atoms with van der Waals surface area (Å²) in [5.41, 5.74) is 2.08. The van der Waals surface area contributed by atoms with Gasteiger partial charge in [0, 0.05) is 23.8 Å². The van der Waals surface area contributed by atoms with Crippen LogP contribution < -0.4 is 5.32 Å². The second kappa shape index (κ2) is 7.04.